The van der Waals surface area contributed by atoms with Crippen LogP contribution in [0.1, 0.15) is 42.6 Å². The molecule has 0 radical (unpaired) electrons. The summed E-state index contributed by atoms with van der Waals surface area (Å²) in [6.07, 6.45) is 4.47. The van der Waals surface area contributed by atoms with Crippen molar-refractivity contribution in [2.75, 3.05) is 0 Å². The smallest absolute Gasteiger partial charge is 0.328 e. The van der Waals surface area contributed by atoms with Gasteiger partial charge in [-0.25, -0.2) is 4.79 Å². The van der Waals surface area contributed by atoms with E-state index in [0.717, 1.165) is 18.9 Å². The van der Waals surface area contributed by atoms with E-state index in [0.29, 0.717) is 11.1 Å². The van der Waals surface area contributed by atoms with Gasteiger partial charge in [0.1, 0.15) is 0 Å². The maximum atomic E-state index is 12.0. The molecule has 1 rings (SSSR count). The van der Waals surface area contributed by atoms with Crippen molar-refractivity contribution in [2.45, 2.75) is 32.7 Å². The van der Waals surface area contributed by atoms with Gasteiger partial charge in [-0.1, -0.05) is 25.5 Å². The first kappa shape index (κ1) is 15.0. The first-order chi connectivity index (χ1) is 9.02. The Hall–Kier alpha value is -2.10. The lowest BCUT2D eigenvalue weighted by molar-refractivity contribution is -0.131. The summed E-state index contributed by atoms with van der Waals surface area (Å²) < 4.78 is 0. The lowest BCUT2D eigenvalue weighted by Crippen LogP contribution is -2.32. The number of carbonyl (C=O) groups is 2. The van der Waals surface area contributed by atoms with E-state index in [1.807, 2.05) is 6.92 Å². The Morgan fingerprint density at radius 1 is 1.42 bits per heavy atom. The molecule has 4 nitrogen and oxygen atoms in total. The number of carboxylic acids is 1. The van der Waals surface area contributed by atoms with E-state index >= 15 is 0 Å². The molecule has 1 aromatic carbocycles. The summed E-state index contributed by atoms with van der Waals surface area (Å²) in [7, 11) is 0. The van der Waals surface area contributed by atoms with Crippen LogP contribution in [0, 0.1) is 0 Å². The van der Waals surface area contributed by atoms with Gasteiger partial charge >= 0.3 is 5.97 Å². The van der Waals surface area contributed by atoms with Crippen LogP contribution < -0.4 is 5.32 Å². The minimum atomic E-state index is -1.01. The van der Waals surface area contributed by atoms with Gasteiger partial charge in [0.15, 0.2) is 0 Å². The largest absolute Gasteiger partial charge is 0.478 e. The van der Waals surface area contributed by atoms with Gasteiger partial charge in [0.25, 0.3) is 5.91 Å². The minimum Gasteiger partial charge on any atom is -0.478 e. The number of hydrogen-bond donors (Lipinski definition) is 2. The highest BCUT2D eigenvalue weighted by Crippen LogP contribution is 2.08. The number of nitrogens with one attached hydrogen (secondary N) is 1. The van der Waals surface area contributed by atoms with E-state index in [9.17, 15) is 9.59 Å². The molecule has 0 heterocycles. The Labute approximate surface area is 113 Å². The number of hydrogen-bond acceptors (Lipinski definition) is 2. The zero-order valence-corrected chi connectivity index (χ0v) is 11.2. The Morgan fingerprint density at radius 3 is 2.79 bits per heavy atom. The summed E-state index contributed by atoms with van der Waals surface area (Å²) >= 11 is 0. The van der Waals surface area contributed by atoms with Gasteiger partial charge in [-0.2, -0.15) is 0 Å². The Morgan fingerprint density at radius 2 is 2.16 bits per heavy atom. The van der Waals surface area contributed by atoms with Crippen molar-refractivity contribution in [3.05, 3.63) is 41.5 Å². The molecular formula is C15H19NO3. The summed E-state index contributed by atoms with van der Waals surface area (Å²) in [5, 5.41) is 11.5. The average Bonchev–Trinajstić information content (AvgIpc) is 2.37. The van der Waals surface area contributed by atoms with Crippen molar-refractivity contribution in [1.29, 1.82) is 0 Å². The molecule has 1 aromatic rings. The van der Waals surface area contributed by atoms with E-state index in [4.69, 9.17) is 5.11 Å². The molecule has 0 aromatic heterocycles. The molecule has 19 heavy (non-hydrogen) atoms. The molecule has 4 heteroatoms. The van der Waals surface area contributed by atoms with Crippen molar-refractivity contribution >= 4 is 18.0 Å². The third kappa shape index (κ3) is 5.38. The normalized spacial score (nSPS) is 12.3. The number of aliphatic carboxylic acids is 1. The monoisotopic (exact) mass is 261 g/mol. The van der Waals surface area contributed by atoms with Crippen molar-refractivity contribution in [3.8, 4) is 0 Å². The van der Waals surface area contributed by atoms with Gasteiger partial charge < -0.3 is 10.4 Å². The Kier molecular flexibility index (Phi) is 5.79. The third-order valence-corrected chi connectivity index (χ3v) is 2.67. The lowest BCUT2D eigenvalue weighted by atomic mass is 10.1. The predicted octanol–water partition coefficient (Wildman–Crippen LogP) is 2.70. The van der Waals surface area contributed by atoms with Crippen LogP contribution in [0.4, 0.5) is 0 Å². The third-order valence-electron chi connectivity index (χ3n) is 2.67. The molecule has 0 spiro atoms. The molecule has 0 bridgehead atoms. The van der Waals surface area contributed by atoms with Gasteiger partial charge in [-0.05, 0) is 37.1 Å². The number of rotatable bonds is 6. The number of carboxylic acid groups (broad SMARTS) is 1. The number of carbonyl (C=O) groups excluding carboxylic acids is 1. The summed E-state index contributed by atoms with van der Waals surface area (Å²) in [5.74, 6) is -1.14. The first-order valence-corrected chi connectivity index (χ1v) is 6.35. The summed E-state index contributed by atoms with van der Waals surface area (Å²) in [6.45, 7) is 4.04. The topological polar surface area (TPSA) is 66.4 Å². The maximum absolute atomic E-state index is 12.0. The minimum absolute atomic E-state index is 0.133. The molecule has 0 fully saturated rings. The first-order valence-electron chi connectivity index (χ1n) is 6.35. The molecule has 0 aliphatic carbocycles. The van der Waals surface area contributed by atoms with E-state index in [1.54, 1.807) is 24.3 Å². The molecular weight excluding hydrogens is 242 g/mol. The van der Waals surface area contributed by atoms with Crippen molar-refractivity contribution < 1.29 is 14.7 Å². The van der Waals surface area contributed by atoms with Gasteiger partial charge in [0.2, 0.25) is 0 Å². The number of benzene rings is 1. The molecule has 102 valence electrons. The second-order valence-electron chi connectivity index (χ2n) is 4.46. The second-order valence-corrected chi connectivity index (χ2v) is 4.46. The fourth-order valence-corrected chi connectivity index (χ4v) is 1.76. The van der Waals surface area contributed by atoms with Crippen LogP contribution in [0.25, 0.3) is 6.08 Å². The zero-order chi connectivity index (χ0) is 14.3. The average molecular weight is 261 g/mol. The molecule has 1 unspecified atom stereocenters. The second kappa shape index (κ2) is 7.36. The van der Waals surface area contributed by atoms with Crippen LogP contribution in [-0.4, -0.2) is 23.0 Å². The number of amides is 1. The van der Waals surface area contributed by atoms with Crippen LogP contribution in [0.3, 0.4) is 0 Å². The molecule has 2 N–H and O–H groups in total. The maximum Gasteiger partial charge on any atom is 0.328 e. The van der Waals surface area contributed by atoms with Crippen molar-refractivity contribution in [3.63, 3.8) is 0 Å². The highest BCUT2D eigenvalue weighted by molar-refractivity contribution is 5.95. The van der Waals surface area contributed by atoms with Crippen LogP contribution >= 0.6 is 0 Å². The quantitative estimate of drug-likeness (QED) is 0.774. The van der Waals surface area contributed by atoms with E-state index in [2.05, 4.69) is 12.2 Å². The molecule has 1 amide bonds. The van der Waals surface area contributed by atoms with Crippen molar-refractivity contribution in [2.24, 2.45) is 0 Å². The van der Waals surface area contributed by atoms with E-state index < -0.39 is 5.97 Å². The van der Waals surface area contributed by atoms with Gasteiger partial charge in [0.05, 0.1) is 0 Å². The van der Waals surface area contributed by atoms with Crippen molar-refractivity contribution in [1.82, 2.24) is 5.32 Å². The summed E-state index contributed by atoms with van der Waals surface area (Å²) in [5.41, 5.74) is 1.23. The van der Waals surface area contributed by atoms with Gasteiger partial charge in [-0.3, -0.25) is 4.79 Å². The molecule has 1 atom stereocenters. The van der Waals surface area contributed by atoms with Crippen LogP contribution in [0.5, 0.6) is 0 Å². The van der Waals surface area contributed by atoms with Crippen LogP contribution in [0.15, 0.2) is 30.3 Å². The highest BCUT2D eigenvalue weighted by atomic mass is 16.4. The van der Waals surface area contributed by atoms with Gasteiger partial charge in [0, 0.05) is 17.7 Å². The van der Waals surface area contributed by atoms with Gasteiger partial charge in [-0.15, -0.1) is 0 Å². The van der Waals surface area contributed by atoms with E-state index in [1.165, 1.54) is 6.08 Å². The Balaban J connectivity index is 2.75. The summed E-state index contributed by atoms with van der Waals surface area (Å²) in [6, 6.07) is 7.02. The zero-order valence-electron chi connectivity index (χ0n) is 11.2. The summed E-state index contributed by atoms with van der Waals surface area (Å²) in [4.78, 5) is 22.4. The SMILES string of the molecule is CCCC(C)NC(=O)c1cccc(C=CC(=O)O)c1. The standard InChI is InChI=1S/C15H19NO3/c1-3-5-11(2)16-15(19)13-7-4-6-12(10-13)8-9-14(17)18/h4,6-11H,3,5H2,1-2H3,(H,16,19)(H,17,18). The molecule has 0 aliphatic heterocycles. The highest BCUT2D eigenvalue weighted by Gasteiger charge is 2.08. The fourth-order valence-electron chi connectivity index (χ4n) is 1.76. The van der Waals surface area contributed by atoms with Crippen LogP contribution in [-0.2, 0) is 4.79 Å². The molecule has 0 saturated heterocycles. The predicted molar refractivity (Wildman–Crippen MR) is 74.9 cm³/mol. The fraction of sp³-hybridized carbons (Fsp3) is 0.333. The Bertz CT molecular complexity index is 480. The lowest BCUT2D eigenvalue weighted by Gasteiger charge is -2.12. The molecule has 0 aliphatic rings. The van der Waals surface area contributed by atoms with E-state index in [-0.39, 0.29) is 11.9 Å². The van der Waals surface area contributed by atoms with Crippen LogP contribution in [0.2, 0.25) is 0 Å². The molecule has 0 saturated carbocycles.